The maximum atomic E-state index is 14.9. The number of thioether (sulfide) groups is 1. The smallest absolute Gasteiger partial charge is 0.473 e. The van der Waals surface area contributed by atoms with Crippen LogP contribution in [0.15, 0.2) is 72.0 Å². The number of nitrogens with one attached hydrogen (secondary N) is 1. The fourth-order valence-corrected chi connectivity index (χ4v) is 5.65. The van der Waals surface area contributed by atoms with E-state index >= 15 is 0 Å². The Morgan fingerprint density at radius 3 is 2.12 bits per heavy atom. The zero-order chi connectivity index (χ0) is 41.4. The van der Waals surface area contributed by atoms with Crippen LogP contribution in [0.3, 0.4) is 0 Å². The quantitative estimate of drug-likeness (QED) is 0.118. The molecule has 1 fully saturated rings. The van der Waals surface area contributed by atoms with E-state index in [1.54, 1.807) is 0 Å². The van der Waals surface area contributed by atoms with E-state index in [0.29, 0.717) is 47.9 Å². The van der Waals surface area contributed by atoms with E-state index in [1.165, 1.54) is 12.1 Å². The number of amides is 3. The van der Waals surface area contributed by atoms with Gasteiger partial charge in [0.1, 0.15) is 23.6 Å². The Hall–Kier alpha value is -5.68. The van der Waals surface area contributed by atoms with Gasteiger partial charge < -0.3 is 19.5 Å². The first kappa shape index (κ1) is 41.5. The number of ether oxygens (including phenoxy) is 3. The molecule has 3 aromatic carbocycles. The molecule has 4 aromatic rings. The highest BCUT2D eigenvalue weighted by atomic mass is 32.2. The number of amidine groups is 1. The third kappa shape index (κ3) is 9.75. The van der Waals surface area contributed by atoms with Crippen molar-refractivity contribution in [2.75, 3.05) is 17.4 Å². The summed E-state index contributed by atoms with van der Waals surface area (Å²) in [6.45, 7) is -0.838. The number of urea groups is 1. The predicted octanol–water partition coefficient (Wildman–Crippen LogP) is 8.77. The van der Waals surface area contributed by atoms with Gasteiger partial charge in [-0.15, -0.1) is 18.3 Å². The summed E-state index contributed by atoms with van der Waals surface area (Å²) in [6, 6.07) is 6.81. The third-order valence-electron chi connectivity index (χ3n) is 7.18. The molecule has 24 heteroatoms. The van der Waals surface area contributed by atoms with Crippen molar-refractivity contribution in [1.82, 2.24) is 20.1 Å². The van der Waals surface area contributed by atoms with Gasteiger partial charge >= 0.3 is 36.5 Å². The molecule has 1 aliphatic heterocycles. The van der Waals surface area contributed by atoms with Crippen molar-refractivity contribution >= 4 is 34.6 Å². The van der Waals surface area contributed by atoms with Gasteiger partial charge in [0.2, 0.25) is 5.91 Å². The van der Waals surface area contributed by atoms with Crippen molar-refractivity contribution in [2.24, 2.45) is 4.99 Å². The summed E-state index contributed by atoms with van der Waals surface area (Å²) in [7, 11) is 0. The largest absolute Gasteiger partial charge is 0.573 e. The Bertz CT molecular complexity index is 2130. The molecular formula is C32H22F12N6O5S. The SMILES string of the molecule is CC(F)(F)Oc1ccc(C(F)(F)C(C)(F)F)c(N2C(=O)CS/C2=N\C(=O)NCOc2ccc(-c3ncn(-c4ccc(OC(F)(F)F)cc4)n3)cc2C(F)(F)F)c1. The molecule has 1 saturated heterocycles. The Morgan fingerprint density at radius 2 is 1.52 bits per heavy atom. The van der Waals surface area contributed by atoms with E-state index in [-0.39, 0.29) is 24.0 Å². The number of nitrogens with zero attached hydrogens (tertiary/aromatic N) is 5. The molecule has 0 saturated carbocycles. The van der Waals surface area contributed by atoms with E-state index < -0.39 is 94.1 Å². The average Bonchev–Trinajstić information content (AvgIpc) is 3.69. The number of carbonyl (C=O) groups is 2. The normalized spacial score (nSPS) is 15.0. The molecule has 0 unspecified atom stereocenters. The number of aromatic nitrogens is 3. The zero-order valence-corrected chi connectivity index (χ0v) is 28.8. The van der Waals surface area contributed by atoms with Crippen molar-refractivity contribution < 1.29 is 76.5 Å². The second-order valence-electron chi connectivity index (χ2n) is 11.5. The highest BCUT2D eigenvalue weighted by molar-refractivity contribution is 8.15. The van der Waals surface area contributed by atoms with Gasteiger partial charge in [-0.3, -0.25) is 9.69 Å². The van der Waals surface area contributed by atoms with E-state index in [0.717, 1.165) is 35.3 Å². The first-order chi connectivity index (χ1) is 25.8. The molecule has 300 valence electrons. The van der Waals surface area contributed by atoms with Gasteiger partial charge in [-0.2, -0.15) is 44.5 Å². The van der Waals surface area contributed by atoms with Gasteiger partial charge in [0.25, 0.3) is 0 Å². The first-order valence-electron chi connectivity index (χ1n) is 15.2. The zero-order valence-electron chi connectivity index (χ0n) is 28.0. The first-order valence-corrected chi connectivity index (χ1v) is 16.2. The molecule has 1 N–H and O–H groups in total. The minimum atomic E-state index is -5.05. The van der Waals surface area contributed by atoms with Crippen LogP contribution in [0.1, 0.15) is 25.0 Å². The van der Waals surface area contributed by atoms with Crippen LogP contribution < -0.4 is 24.4 Å². The Kier molecular flexibility index (Phi) is 11.2. The van der Waals surface area contributed by atoms with Gasteiger partial charge in [0.05, 0.1) is 28.3 Å². The summed E-state index contributed by atoms with van der Waals surface area (Å²) < 4.78 is 179. The van der Waals surface area contributed by atoms with E-state index in [9.17, 15) is 62.3 Å². The number of anilines is 1. The van der Waals surface area contributed by atoms with Crippen LogP contribution in [0.5, 0.6) is 17.2 Å². The summed E-state index contributed by atoms with van der Waals surface area (Å²) >= 11 is 0.460. The van der Waals surface area contributed by atoms with Crippen LogP contribution in [0.25, 0.3) is 17.1 Å². The lowest BCUT2D eigenvalue weighted by Crippen LogP contribution is -2.39. The number of aliphatic imine (C=N–C) groups is 1. The highest BCUT2D eigenvalue weighted by Crippen LogP contribution is 2.48. The molecular weight excluding hydrogens is 808 g/mol. The predicted molar refractivity (Wildman–Crippen MR) is 172 cm³/mol. The van der Waals surface area contributed by atoms with Crippen LogP contribution in [0.2, 0.25) is 0 Å². The van der Waals surface area contributed by atoms with Gasteiger partial charge in [0.15, 0.2) is 17.7 Å². The van der Waals surface area contributed by atoms with Gasteiger partial charge in [-0.25, -0.2) is 14.5 Å². The lowest BCUT2D eigenvalue weighted by Gasteiger charge is -2.29. The molecule has 2 heterocycles. The molecule has 11 nitrogen and oxygen atoms in total. The van der Waals surface area contributed by atoms with Crippen LogP contribution in [-0.2, 0) is 16.9 Å². The van der Waals surface area contributed by atoms with Crippen molar-refractivity contribution in [3.63, 3.8) is 0 Å². The molecule has 5 rings (SSSR count). The second kappa shape index (κ2) is 15.1. The number of hydrogen-bond donors (Lipinski definition) is 1. The standard InChI is InChI=1S/C32H22F12N6O5S/c1-28(33,34)30(37,38)20-9-8-19(54-29(2,35)36)12-22(20)50-24(51)13-56-27(50)47-26(52)46-15-53-23-10-3-16(11-21(23)31(39,40)41)25-45-14-49(48-25)17-4-6-18(7-5-17)55-32(42,43)44/h3-12,14H,13,15H2,1-2H3,(H,46,52)/b47-27-. The lowest BCUT2D eigenvalue weighted by atomic mass is 10.00. The fourth-order valence-electron chi connectivity index (χ4n) is 4.79. The topological polar surface area (TPSA) is 120 Å². The molecule has 0 atom stereocenters. The van der Waals surface area contributed by atoms with Gasteiger partial charge in [-0.05, 0) is 54.6 Å². The molecule has 0 radical (unpaired) electrons. The molecule has 56 heavy (non-hydrogen) atoms. The summed E-state index contributed by atoms with van der Waals surface area (Å²) in [5.74, 6) is -13.8. The van der Waals surface area contributed by atoms with Crippen molar-refractivity contribution in [2.45, 2.75) is 44.3 Å². The van der Waals surface area contributed by atoms with Crippen LogP contribution >= 0.6 is 11.8 Å². The highest BCUT2D eigenvalue weighted by Gasteiger charge is 2.56. The maximum absolute atomic E-state index is 14.9. The van der Waals surface area contributed by atoms with Crippen molar-refractivity contribution in [3.8, 4) is 34.3 Å². The molecule has 0 spiro atoms. The number of hydrogen-bond acceptors (Lipinski definition) is 8. The number of benzene rings is 3. The van der Waals surface area contributed by atoms with Crippen molar-refractivity contribution in [3.05, 3.63) is 78.1 Å². The number of halogens is 12. The van der Waals surface area contributed by atoms with Crippen LogP contribution in [0, 0.1) is 0 Å². The maximum Gasteiger partial charge on any atom is 0.573 e. The summed E-state index contributed by atoms with van der Waals surface area (Å²) in [5.41, 5.74) is -3.95. The fraction of sp³-hybridized carbons (Fsp3) is 0.281. The molecule has 0 bridgehead atoms. The summed E-state index contributed by atoms with van der Waals surface area (Å²) in [6.07, 6.45) is -12.8. The number of carbonyl (C=O) groups excluding carboxylic acids is 2. The van der Waals surface area contributed by atoms with Crippen LogP contribution in [-0.4, -0.2) is 62.7 Å². The average molecular weight is 831 g/mol. The number of alkyl halides is 12. The minimum absolute atomic E-state index is 0.126. The molecule has 3 amide bonds. The summed E-state index contributed by atoms with van der Waals surface area (Å²) in [4.78, 5) is 33.2. The van der Waals surface area contributed by atoms with E-state index in [4.69, 9.17) is 4.74 Å². The molecule has 0 aliphatic carbocycles. The Morgan fingerprint density at radius 1 is 0.857 bits per heavy atom. The Labute approximate surface area is 310 Å². The van der Waals surface area contributed by atoms with Gasteiger partial charge in [-0.1, -0.05) is 11.8 Å². The second-order valence-corrected chi connectivity index (χ2v) is 12.4. The van der Waals surface area contributed by atoms with E-state index in [2.05, 4.69) is 24.5 Å². The summed E-state index contributed by atoms with van der Waals surface area (Å²) in [5, 5.41) is 5.31. The minimum Gasteiger partial charge on any atom is -0.473 e. The Balaban J connectivity index is 1.33. The molecule has 1 aromatic heterocycles. The van der Waals surface area contributed by atoms with Crippen LogP contribution in [0.4, 0.5) is 63.2 Å². The number of rotatable bonds is 11. The van der Waals surface area contributed by atoms with Crippen molar-refractivity contribution in [1.29, 1.82) is 0 Å². The lowest BCUT2D eigenvalue weighted by molar-refractivity contribution is -0.274. The van der Waals surface area contributed by atoms with E-state index in [1.807, 2.05) is 5.32 Å². The monoisotopic (exact) mass is 830 g/mol. The molecule has 1 aliphatic rings. The third-order valence-corrected chi connectivity index (χ3v) is 8.10. The van der Waals surface area contributed by atoms with Gasteiger partial charge in [0, 0.05) is 25.5 Å².